The number of hydrogen-bond donors (Lipinski definition) is 2. The van der Waals surface area contributed by atoms with Gasteiger partial charge in [0.2, 0.25) is 0 Å². The van der Waals surface area contributed by atoms with Gasteiger partial charge in [0.1, 0.15) is 5.82 Å². The fraction of sp³-hybridized carbons (Fsp3) is 0.318. The van der Waals surface area contributed by atoms with E-state index in [-0.39, 0.29) is 13.0 Å². The molecule has 4 rings (SSSR count). The van der Waals surface area contributed by atoms with Crippen molar-refractivity contribution < 1.29 is 18.0 Å². The van der Waals surface area contributed by atoms with Crippen molar-refractivity contribution in [1.29, 1.82) is 0 Å². The van der Waals surface area contributed by atoms with Gasteiger partial charge in [-0.3, -0.25) is 4.79 Å². The molecule has 2 aromatic carbocycles. The van der Waals surface area contributed by atoms with Gasteiger partial charge in [-0.05, 0) is 48.7 Å². The van der Waals surface area contributed by atoms with Crippen molar-refractivity contribution in [2.24, 2.45) is 0 Å². The second-order valence-corrected chi connectivity index (χ2v) is 7.44. The van der Waals surface area contributed by atoms with Gasteiger partial charge in [0.15, 0.2) is 0 Å². The number of benzene rings is 2. The lowest BCUT2D eigenvalue weighted by Gasteiger charge is -2.28. The number of hydrogen-bond acceptors (Lipinski definition) is 4. The number of nitrogens with zero attached hydrogens (tertiary/aromatic N) is 2. The minimum Gasteiger partial charge on any atom is -0.348 e. The van der Waals surface area contributed by atoms with Crippen LogP contribution in [0.5, 0.6) is 0 Å². The Morgan fingerprint density at radius 3 is 2.67 bits per heavy atom. The van der Waals surface area contributed by atoms with E-state index in [2.05, 4.69) is 16.4 Å². The first kappa shape index (κ1) is 20.3. The zero-order chi connectivity index (χ0) is 21.2. The summed E-state index contributed by atoms with van der Waals surface area (Å²) in [6, 6.07) is 15.9. The number of alkyl halides is 3. The fourth-order valence-corrected chi connectivity index (χ4v) is 3.91. The van der Waals surface area contributed by atoms with Crippen LogP contribution >= 0.6 is 0 Å². The Morgan fingerprint density at radius 2 is 1.93 bits per heavy atom. The highest BCUT2D eigenvalue weighted by atomic mass is 19.4. The normalized spacial score (nSPS) is 19.2. The number of rotatable bonds is 5. The van der Waals surface area contributed by atoms with Crippen LogP contribution in [0.15, 0.2) is 54.7 Å². The first-order valence-electron chi connectivity index (χ1n) is 9.80. The van der Waals surface area contributed by atoms with Gasteiger partial charge in [-0.1, -0.05) is 36.4 Å². The Kier molecular flexibility index (Phi) is 5.42. The molecule has 1 fully saturated rings. The minimum absolute atomic E-state index is 0.116. The van der Waals surface area contributed by atoms with Crippen molar-refractivity contribution >= 4 is 16.7 Å². The van der Waals surface area contributed by atoms with Gasteiger partial charge >= 0.3 is 12.1 Å². The predicted octanol–water partition coefficient (Wildman–Crippen LogP) is 3.94. The average Bonchev–Trinajstić information content (AvgIpc) is 3.23. The third-order valence-corrected chi connectivity index (χ3v) is 5.47. The number of aromatic nitrogens is 2. The molecule has 3 aromatic rings. The van der Waals surface area contributed by atoms with Crippen LogP contribution in [0.25, 0.3) is 22.0 Å². The van der Waals surface area contributed by atoms with E-state index >= 15 is 0 Å². The summed E-state index contributed by atoms with van der Waals surface area (Å²) in [7, 11) is 0. The van der Waals surface area contributed by atoms with Crippen LogP contribution in [-0.4, -0.2) is 35.1 Å². The van der Waals surface area contributed by atoms with Crippen molar-refractivity contribution in [2.75, 3.05) is 13.1 Å². The molecule has 1 amide bonds. The van der Waals surface area contributed by atoms with E-state index in [1.165, 1.54) is 0 Å². The summed E-state index contributed by atoms with van der Waals surface area (Å²) >= 11 is 0. The summed E-state index contributed by atoms with van der Waals surface area (Å²) < 4.78 is 37.4. The van der Waals surface area contributed by atoms with E-state index < -0.39 is 17.6 Å². The zero-order valence-electron chi connectivity index (χ0n) is 16.2. The van der Waals surface area contributed by atoms with E-state index in [0.717, 1.165) is 35.0 Å². The van der Waals surface area contributed by atoms with E-state index in [0.29, 0.717) is 12.2 Å². The number of halogens is 3. The molecule has 2 N–H and O–H groups in total. The van der Waals surface area contributed by atoms with Gasteiger partial charge in [-0.2, -0.15) is 13.2 Å². The zero-order valence-corrected chi connectivity index (χ0v) is 16.2. The monoisotopic (exact) mass is 414 g/mol. The highest BCUT2D eigenvalue weighted by molar-refractivity contribution is 5.86. The third kappa shape index (κ3) is 4.14. The Balaban J connectivity index is 1.59. The lowest BCUT2D eigenvalue weighted by molar-refractivity contribution is -0.173. The maximum atomic E-state index is 12.5. The second kappa shape index (κ2) is 8.02. The van der Waals surface area contributed by atoms with Crippen LogP contribution in [0, 0.1) is 0 Å². The summed E-state index contributed by atoms with van der Waals surface area (Å²) in [6.07, 6.45) is -1.39. The van der Waals surface area contributed by atoms with Crippen LogP contribution in [0.2, 0.25) is 0 Å². The number of carbonyl (C=O) groups is 1. The van der Waals surface area contributed by atoms with E-state index in [4.69, 9.17) is 4.98 Å². The average molecular weight is 414 g/mol. The van der Waals surface area contributed by atoms with Gasteiger partial charge < -0.3 is 10.6 Å². The van der Waals surface area contributed by atoms with Crippen molar-refractivity contribution in [3.8, 4) is 11.3 Å². The SMILES string of the molecule is O=C(NCC[C@@]1(c2nccc(-c3ccc4ccccc4c3)n2)CCCN1)C(F)(F)F. The molecule has 1 aliphatic heterocycles. The largest absolute Gasteiger partial charge is 0.471 e. The van der Waals surface area contributed by atoms with Gasteiger partial charge in [-0.25, -0.2) is 9.97 Å². The summed E-state index contributed by atoms with van der Waals surface area (Å²) in [6.45, 7) is 0.603. The molecule has 1 saturated heterocycles. The molecule has 1 aliphatic rings. The molecule has 8 heteroatoms. The van der Waals surface area contributed by atoms with Crippen LogP contribution in [0.4, 0.5) is 13.2 Å². The van der Waals surface area contributed by atoms with Gasteiger partial charge in [0.25, 0.3) is 0 Å². The van der Waals surface area contributed by atoms with E-state index in [1.807, 2.05) is 47.8 Å². The van der Waals surface area contributed by atoms with Gasteiger partial charge in [-0.15, -0.1) is 0 Å². The first-order valence-corrected chi connectivity index (χ1v) is 9.80. The third-order valence-electron chi connectivity index (χ3n) is 5.47. The molecule has 1 aromatic heterocycles. The Bertz CT molecular complexity index is 1060. The Morgan fingerprint density at radius 1 is 1.13 bits per heavy atom. The van der Waals surface area contributed by atoms with Crippen LogP contribution in [-0.2, 0) is 10.3 Å². The number of fused-ring (bicyclic) bond motifs is 1. The Labute approximate surface area is 171 Å². The molecule has 1 atom stereocenters. The predicted molar refractivity (Wildman–Crippen MR) is 108 cm³/mol. The first-order chi connectivity index (χ1) is 14.4. The second-order valence-electron chi connectivity index (χ2n) is 7.44. The maximum absolute atomic E-state index is 12.5. The summed E-state index contributed by atoms with van der Waals surface area (Å²) in [5.74, 6) is -1.40. The molecule has 5 nitrogen and oxygen atoms in total. The lowest BCUT2D eigenvalue weighted by Crippen LogP contribution is -2.44. The van der Waals surface area contributed by atoms with E-state index in [9.17, 15) is 18.0 Å². The van der Waals surface area contributed by atoms with Crippen molar-refractivity contribution in [3.05, 3.63) is 60.6 Å². The highest BCUT2D eigenvalue weighted by Crippen LogP contribution is 2.33. The van der Waals surface area contributed by atoms with E-state index in [1.54, 1.807) is 6.20 Å². The molecular formula is C22H21F3N4O. The van der Waals surface area contributed by atoms with Crippen molar-refractivity contribution in [2.45, 2.75) is 31.0 Å². The summed E-state index contributed by atoms with van der Waals surface area (Å²) in [5.41, 5.74) is 1.03. The smallest absolute Gasteiger partial charge is 0.348 e. The maximum Gasteiger partial charge on any atom is 0.471 e. The van der Waals surface area contributed by atoms with Crippen LogP contribution in [0.3, 0.4) is 0 Å². The quantitative estimate of drug-likeness (QED) is 0.664. The number of carbonyl (C=O) groups excluding carboxylic acids is 1. The number of nitrogens with one attached hydrogen (secondary N) is 2. The molecule has 0 unspecified atom stereocenters. The van der Waals surface area contributed by atoms with Crippen LogP contribution < -0.4 is 10.6 Å². The molecule has 30 heavy (non-hydrogen) atoms. The minimum atomic E-state index is -4.89. The molecule has 0 radical (unpaired) electrons. The van der Waals surface area contributed by atoms with Crippen molar-refractivity contribution in [3.63, 3.8) is 0 Å². The van der Waals surface area contributed by atoms with Gasteiger partial charge in [0, 0.05) is 18.3 Å². The molecule has 156 valence electrons. The number of amides is 1. The summed E-state index contributed by atoms with van der Waals surface area (Å²) in [4.78, 5) is 20.3. The van der Waals surface area contributed by atoms with Gasteiger partial charge in [0.05, 0.1) is 11.2 Å². The van der Waals surface area contributed by atoms with Crippen molar-refractivity contribution in [1.82, 2.24) is 20.6 Å². The molecular weight excluding hydrogens is 393 g/mol. The molecule has 2 heterocycles. The standard InChI is InChI=1S/C22H21F3N4O/c23-22(24,25)20(30)27-13-10-21(9-3-11-28-21)19-26-12-8-18(29-19)17-7-6-15-4-1-2-5-16(15)14-17/h1-2,4-8,12,14,28H,3,9-11,13H2,(H,27,30)/t21-/m1/s1. The summed E-state index contributed by atoms with van der Waals surface area (Å²) in [5, 5.41) is 7.53. The highest BCUT2D eigenvalue weighted by Gasteiger charge is 2.41. The lowest BCUT2D eigenvalue weighted by atomic mass is 9.91. The topological polar surface area (TPSA) is 66.9 Å². The molecule has 0 spiro atoms. The molecule has 0 bridgehead atoms. The fourth-order valence-electron chi connectivity index (χ4n) is 3.91. The molecule has 0 saturated carbocycles. The Hall–Kier alpha value is -3.00. The molecule has 0 aliphatic carbocycles. The van der Waals surface area contributed by atoms with Crippen LogP contribution in [0.1, 0.15) is 25.1 Å².